The van der Waals surface area contributed by atoms with Gasteiger partial charge in [0.2, 0.25) is 0 Å². The highest BCUT2D eigenvalue weighted by atomic mass is 35.5. The van der Waals surface area contributed by atoms with E-state index < -0.39 is 17.7 Å². The van der Waals surface area contributed by atoms with E-state index in [9.17, 15) is 14.7 Å². The van der Waals surface area contributed by atoms with Gasteiger partial charge >= 0.3 is 0 Å². The Balaban J connectivity index is 1.94. The van der Waals surface area contributed by atoms with E-state index in [1.807, 2.05) is 42.6 Å². The molecule has 0 saturated carbocycles. The standard InChI is InChI=1S/C22H15Cl2NO3S/c1-12-4-2-5-14(10-12)25-19(17-6-3-9-29-17)18(21(27)22(25)28)20(26)13-7-8-15(23)16(24)11-13/h2-11,19,26H,1H3/b20-18-. The molecule has 1 aromatic heterocycles. The fraction of sp³-hybridized carbons (Fsp3) is 0.0909. The van der Waals surface area contributed by atoms with Crippen LogP contribution in [0.3, 0.4) is 0 Å². The molecule has 29 heavy (non-hydrogen) atoms. The van der Waals surface area contributed by atoms with Gasteiger partial charge in [-0.25, -0.2) is 0 Å². The van der Waals surface area contributed by atoms with Crippen LogP contribution < -0.4 is 4.90 Å². The number of thiophene rings is 1. The Kier molecular flexibility index (Phi) is 5.21. The van der Waals surface area contributed by atoms with Crippen LogP contribution in [-0.2, 0) is 9.59 Å². The molecule has 1 N–H and O–H groups in total. The van der Waals surface area contributed by atoms with Crippen LogP contribution in [0.1, 0.15) is 22.0 Å². The van der Waals surface area contributed by atoms with E-state index in [-0.39, 0.29) is 16.4 Å². The molecule has 3 aromatic rings. The fourth-order valence-electron chi connectivity index (χ4n) is 3.39. The van der Waals surface area contributed by atoms with Gasteiger partial charge in [-0.1, -0.05) is 41.4 Å². The van der Waals surface area contributed by atoms with Crippen molar-refractivity contribution in [3.05, 3.63) is 91.6 Å². The van der Waals surface area contributed by atoms with Gasteiger partial charge in [0, 0.05) is 16.1 Å². The summed E-state index contributed by atoms with van der Waals surface area (Å²) >= 11 is 13.5. The normalized spacial score (nSPS) is 18.4. The first-order chi connectivity index (χ1) is 13.9. The third kappa shape index (κ3) is 3.46. The van der Waals surface area contributed by atoms with Crippen molar-refractivity contribution in [3.63, 3.8) is 0 Å². The third-order valence-electron chi connectivity index (χ3n) is 4.73. The van der Waals surface area contributed by atoms with Gasteiger partial charge in [-0.15, -0.1) is 11.3 Å². The number of nitrogens with zero attached hydrogens (tertiary/aromatic N) is 1. The molecule has 2 aromatic carbocycles. The number of Topliss-reactive ketones (excluding diaryl/α,β-unsaturated/α-hetero) is 1. The number of ketones is 1. The molecule has 1 unspecified atom stereocenters. The van der Waals surface area contributed by atoms with Crippen molar-refractivity contribution in [1.82, 2.24) is 0 Å². The molecule has 0 spiro atoms. The zero-order chi connectivity index (χ0) is 20.7. The van der Waals surface area contributed by atoms with Gasteiger partial charge in [0.05, 0.1) is 15.6 Å². The van der Waals surface area contributed by atoms with Crippen molar-refractivity contribution in [2.75, 3.05) is 4.90 Å². The van der Waals surface area contributed by atoms with Crippen molar-refractivity contribution in [3.8, 4) is 0 Å². The van der Waals surface area contributed by atoms with Gasteiger partial charge in [0.25, 0.3) is 11.7 Å². The number of aryl methyl sites for hydroxylation is 1. The van der Waals surface area contributed by atoms with Crippen molar-refractivity contribution < 1.29 is 14.7 Å². The second kappa shape index (κ2) is 7.67. The van der Waals surface area contributed by atoms with E-state index in [4.69, 9.17) is 23.2 Å². The van der Waals surface area contributed by atoms with Crippen LogP contribution in [-0.4, -0.2) is 16.8 Å². The monoisotopic (exact) mass is 443 g/mol. The van der Waals surface area contributed by atoms with Crippen LogP contribution >= 0.6 is 34.5 Å². The molecule has 0 bridgehead atoms. The highest BCUT2D eigenvalue weighted by molar-refractivity contribution is 7.10. The molecule has 1 atom stereocenters. The van der Waals surface area contributed by atoms with Gasteiger partial charge in [0.15, 0.2) is 0 Å². The number of carbonyl (C=O) groups excluding carboxylic acids is 2. The molecule has 1 amide bonds. The zero-order valence-corrected chi connectivity index (χ0v) is 17.6. The summed E-state index contributed by atoms with van der Waals surface area (Å²) in [5, 5.41) is 13.4. The molecule has 1 aliphatic heterocycles. The second-order valence-corrected chi connectivity index (χ2v) is 8.45. The molecule has 7 heteroatoms. The summed E-state index contributed by atoms with van der Waals surface area (Å²) in [6, 6.07) is 14.9. The molecule has 1 fully saturated rings. The van der Waals surface area contributed by atoms with Crippen LogP contribution in [0, 0.1) is 6.92 Å². The zero-order valence-electron chi connectivity index (χ0n) is 15.2. The quantitative estimate of drug-likeness (QED) is 0.307. The SMILES string of the molecule is Cc1cccc(N2C(=O)C(=O)/C(=C(\O)c3ccc(Cl)c(Cl)c3)C2c2cccs2)c1. The summed E-state index contributed by atoms with van der Waals surface area (Å²) in [6.07, 6.45) is 0. The molecule has 146 valence electrons. The highest BCUT2D eigenvalue weighted by Crippen LogP contribution is 2.44. The Morgan fingerprint density at radius 2 is 1.83 bits per heavy atom. The molecule has 1 aliphatic rings. The van der Waals surface area contributed by atoms with Gasteiger partial charge in [-0.05, 0) is 54.3 Å². The molecule has 2 heterocycles. The van der Waals surface area contributed by atoms with Gasteiger partial charge in [-0.3, -0.25) is 14.5 Å². The number of anilines is 1. The lowest BCUT2D eigenvalue weighted by molar-refractivity contribution is -0.132. The summed E-state index contributed by atoms with van der Waals surface area (Å²) < 4.78 is 0. The van der Waals surface area contributed by atoms with Crippen LogP contribution in [0.15, 0.2) is 65.6 Å². The van der Waals surface area contributed by atoms with E-state index in [0.717, 1.165) is 10.4 Å². The Morgan fingerprint density at radius 1 is 1.03 bits per heavy atom. The molecule has 0 radical (unpaired) electrons. The largest absolute Gasteiger partial charge is 0.507 e. The molecule has 1 saturated heterocycles. The van der Waals surface area contributed by atoms with E-state index in [0.29, 0.717) is 16.3 Å². The minimum atomic E-state index is -0.742. The van der Waals surface area contributed by atoms with Crippen LogP contribution in [0.5, 0.6) is 0 Å². The number of halogens is 2. The first kappa shape index (κ1) is 19.7. The maximum absolute atomic E-state index is 13.0. The lowest BCUT2D eigenvalue weighted by Gasteiger charge is -2.24. The summed E-state index contributed by atoms with van der Waals surface area (Å²) in [5.41, 5.74) is 1.90. The second-order valence-electron chi connectivity index (χ2n) is 6.65. The average Bonchev–Trinajstić information content (AvgIpc) is 3.31. The van der Waals surface area contributed by atoms with Crippen LogP contribution in [0.25, 0.3) is 5.76 Å². The number of aliphatic hydroxyl groups is 1. The number of carbonyl (C=O) groups is 2. The van der Waals surface area contributed by atoms with Gasteiger partial charge < -0.3 is 5.11 Å². The summed E-state index contributed by atoms with van der Waals surface area (Å²) in [4.78, 5) is 28.2. The smallest absolute Gasteiger partial charge is 0.300 e. The van der Waals surface area contributed by atoms with Crippen LogP contribution in [0.4, 0.5) is 5.69 Å². The number of benzene rings is 2. The number of rotatable bonds is 3. The predicted molar refractivity (Wildman–Crippen MR) is 117 cm³/mol. The summed E-state index contributed by atoms with van der Waals surface area (Å²) in [6.45, 7) is 1.91. The minimum Gasteiger partial charge on any atom is -0.507 e. The number of hydrogen-bond donors (Lipinski definition) is 1. The third-order valence-corrected chi connectivity index (χ3v) is 6.39. The van der Waals surface area contributed by atoms with Gasteiger partial charge in [-0.2, -0.15) is 0 Å². The van der Waals surface area contributed by atoms with Gasteiger partial charge in [0.1, 0.15) is 11.8 Å². The highest BCUT2D eigenvalue weighted by Gasteiger charge is 2.47. The lowest BCUT2D eigenvalue weighted by atomic mass is 9.99. The topological polar surface area (TPSA) is 57.6 Å². The maximum atomic E-state index is 13.0. The molecular weight excluding hydrogens is 429 g/mol. The Morgan fingerprint density at radius 3 is 2.48 bits per heavy atom. The molecular formula is C22H15Cl2NO3S. The average molecular weight is 444 g/mol. The first-order valence-electron chi connectivity index (χ1n) is 8.75. The minimum absolute atomic E-state index is 0.0253. The molecule has 4 rings (SSSR count). The van der Waals surface area contributed by atoms with Crippen molar-refractivity contribution in [1.29, 1.82) is 0 Å². The number of aliphatic hydroxyl groups excluding tert-OH is 1. The molecule has 4 nitrogen and oxygen atoms in total. The van der Waals surface area contributed by atoms with Crippen molar-refractivity contribution in [2.45, 2.75) is 13.0 Å². The van der Waals surface area contributed by atoms with Crippen molar-refractivity contribution in [2.24, 2.45) is 0 Å². The van der Waals surface area contributed by atoms with Crippen molar-refractivity contribution >= 4 is 57.7 Å². The van der Waals surface area contributed by atoms with Crippen LogP contribution in [0.2, 0.25) is 10.0 Å². The van der Waals surface area contributed by atoms with E-state index in [1.165, 1.54) is 28.4 Å². The van der Waals surface area contributed by atoms with E-state index in [2.05, 4.69) is 0 Å². The molecule has 0 aliphatic carbocycles. The van der Waals surface area contributed by atoms with E-state index in [1.54, 1.807) is 12.1 Å². The summed E-state index contributed by atoms with van der Waals surface area (Å²) in [7, 11) is 0. The maximum Gasteiger partial charge on any atom is 0.300 e. The Hall–Kier alpha value is -2.60. The predicted octanol–water partition coefficient (Wildman–Crippen LogP) is 5.99. The van der Waals surface area contributed by atoms with E-state index >= 15 is 0 Å². The number of hydrogen-bond acceptors (Lipinski definition) is 4. The Bertz CT molecular complexity index is 1150. The number of amides is 1. The lowest BCUT2D eigenvalue weighted by Crippen LogP contribution is -2.29. The fourth-order valence-corrected chi connectivity index (χ4v) is 4.51. The Labute approximate surface area is 181 Å². The first-order valence-corrected chi connectivity index (χ1v) is 10.4. The summed E-state index contributed by atoms with van der Waals surface area (Å²) in [5.74, 6) is -1.71.